The molecule has 6 aromatic rings. The molecule has 0 spiro atoms. The smallest absolute Gasteiger partial charge is 0.493 e. The minimum Gasteiger partial charge on any atom is -0.493 e. The highest BCUT2D eigenvalue weighted by atomic mass is 32.2. The van der Waals surface area contributed by atoms with Crippen LogP contribution in [0.2, 0.25) is 0 Å². The predicted molar refractivity (Wildman–Crippen MR) is 304 cm³/mol. The first-order valence-electron chi connectivity index (χ1n) is 25.0. The summed E-state index contributed by atoms with van der Waals surface area (Å²) in [5, 5.41) is 0. The van der Waals surface area contributed by atoms with Gasteiger partial charge in [0.05, 0.1) is 28.4 Å². The Kier molecular flexibility index (Phi) is 19.5. The van der Waals surface area contributed by atoms with Crippen molar-refractivity contribution in [1.82, 2.24) is 0 Å². The fourth-order valence-corrected chi connectivity index (χ4v) is 13.1. The summed E-state index contributed by atoms with van der Waals surface area (Å²) in [6.07, 6.45) is 3.87. The molecular formula is C60H68O16P2S. The van der Waals surface area contributed by atoms with Gasteiger partial charge < -0.3 is 46.1 Å². The lowest BCUT2D eigenvalue weighted by Crippen LogP contribution is -2.25. The molecule has 0 saturated carbocycles. The molecule has 0 aliphatic heterocycles. The summed E-state index contributed by atoms with van der Waals surface area (Å²) >= 11 is 0. The number of carbonyl (C=O) groups excluding carboxylic acids is 4. The van der Waals surface area contributed by atoms with Crippen LogP contribution >= 0.6 is 17.2 Å². The monoisotopic (exact) mass is 1140 g/mol. The largest absolute Gasteiger partial charge is 0.530 e. The lowest BCUT2D eigenvalue weighted by Gasteiger charge is -2.34. The molecule has 0 saturated heterocycles. The van der Waals surface area contributed by atoms with Crippen LogP contribution in [-0.2, 0) is 20.7 Å². The highest BCUT2D eigenvalue weighted by Crippen LogP contribution is 2.53. The van der Waals surface area contributed by atoms with Crippen LogP contribution in [0.3, 0.4) is 0 Å². The van der Waals surface area contributed by atoms with Gasteiger partial charge in [-0.25, -0.2) is 8.42 Å². The van der Waals surface area contributed by atoms with Gasteiger partial charge in [-0.15, -0.1) is 0 Å². The molecule has 19 heteroatoms. The van der Waals surface area contributed by atoms with Gasteiger partial charge in [-0.2, -0.15) is 0 Å². The summed E-state index contributed by atoms with van der Waals surface area (Å²) in [7, 11) is -4.71. The molecule has 0 fully saturated rings. The van der Waals surface area contributed by atoms with Gasteiger partial charge in [0, 0.05) is 22.3 Å². The number of ether oxygens (including phenoxy) is 4. The standard InChI is InChI=1S/C60H68O16P2S/c1-57(2,3)37-59(7,8)43-19-25-49(75-77(71-45-21-15-39(33-61)27-51(45)67-11)72-46-22-16-40(34-62)28-52(46)68-12)55(31-43)79(65,66)56-32-44(60(9,10)38-58(4,5)6)20-26-50(56)76-78(73-47-23-17-41(35-63)29-53(47)69-13)74-48-24-18-42(36-64)30-54(48)70-14/h15-36H,37-38H2,1-14H3. The van der Waals surface area contributed by atoms with Crippen LogP contribution in [0, 0.1) is 10.8 Å². The molecule has 0 unspecified atom stereocenters. The summed E-state index contributed by atoms with van der Waals surface area (Å²) in [6, 6.07) is 27.6. The van der Waals surface area contributed by atoms with Crippen molar-refractivity contribution >= 4 is 52.2 Å². The van der Waals surface area contributed by atoms with E-state index in [0.717, 1.165) is 0 Å². The number of sulfone groups is 1. The molecule has 0 amide bonds. The number of aldehydes is 4. The first-order valence-corrected chi connectivity index (χ1v) is 28.6. The van der Waals surface area contributed by atoms with Gasteiger partial charge >= 0.3 is 17.2 Å². The molecule has 0 bridgehead atoms. The lowest BCUT2D eigenvalue weighted by molar-refractivity contribution is 0.111. The Labute approximate surface area is 465 Å². The van der Waals surface area contributed by atoms with Gasteiger partial charge in [0.1, 0.15) is 46.4 Å². The van der Waals surface area contributed by atoms with Gasteiger partial charge in [-0.1, -0.05) is 81.4 Å². The first-order chi connectivity index (χ1) is 37.2. The van der Waals surface area contributed by atoms with Crippen LogP contribution in [0.15, 0.2) is 119 Å². The van der Waals surface area contributed by atoms with Gasteiger partial charge in [-0.3, -0.25) is 19.2 Å². The number of methoxy groups -OCH3 is 4. The van der Waals surface area contributed by atoms with Crippen molar-refractivity contribution in [3.8, 4) is 57.5 Å². The molecule has 420 valence electrons. The minimum atomic E-state index is -4.83. The molecule has 0 aromatic heterocycles. The Morgan fingerprint density at radius 3 is 0.823 bits per heavy atom. The molecule has 0 atom stereocenters. The molecule has 0 aliphatic rings. The normalized spacial score (nSPS) is 12.1. The number of rotatable bonds is 26. The number of hydrogen-bond acceptors (Lipinski definition) is 16. The van der Waals surface area contributed by atoms with E-state index >= 15 is 8.42 Å². The second kappa shape index (κ2) is 25.3. The molecule has 6 aromatic carbocycles. The summed E-state index contributed by atoms with van der Waals surface area (Å²) in [5.41, 5.74) is 0.883. The van der Waals surface area contributed by atoms with E-state index in [9.17, 15) is 19.2 Å². The Balaban J connectivity index is 1.63. The zero-order valence-corrected chi connectivity index (χ0v) is 49.6. The predicted octanol–water partition coefficient (Wildman–Crippen LogP) is 14.8. The van der Waals surface area contributed by atoms with Gasteiger partial charge in [0.2, 0.25) is 9.84 Å². The summed E-state index contributed by atoms with van der Waals surface area (Å²) in [6.45, 7) is 20.8. The molecule has 6 rings (SSSR count). The van der Waals surface area contributed by atoms with Crippen molar-refractivity contribution < 1.29 is 73.7 Å². The van der Waals surface area contributed by atoms with E-state index in [0.29, 0.717) is 71.4 Å². The highest BCUT2D eigenvalue weighted by Gasteiger charge is 2.38. The van der Waals surface area contributed by atoms with E-state index in [1.54, 1.807) is 36.4 Å². The van der Waals surface area contributed by atoms with Crippen LogP contribution in [0.5, 0.6) is 57.5 Å². The zero-order chi connectivity index (χ0) is 58.1. The van der Waals surface area contributed by atoms with Crippen LogP contribution in [0.4, 0.5) is 0 Å². The molecule has 0 aliphatic carbocycles. The van der Waals surface area contributed by atoms with Crippen molar-refractivity contribution in [2.75, 3.05) is 28.4 Å². The summed E-state index contributed by atoms with van der Waals surface area (Å²) in [4.78, 5) is 46.7. The van der Waals surface area contributed by atoms with Crippen molar-refractivity contribution in [3.05, 3.63) is 143 Å². The maximum atomic E-state index is 16.4. The molecule has 0 heterocycles. The van der Waals surface area contributed by atoms with Crippen molar-refractivity contribution in [1.29, 1.82) is 0 Å². The van der Waals surface area contributed by atoms with Crippen molar-refractivity contribution in [2.24, 2.45) is 10.8 Å². The molecule has 0 radical (unpaired) electrons. The summed E-state index contributed by atoms with van der Waals surface area (Å²) < 4.78 is 94.4. The van der Waals surface area contributed by atoms with Gasteiger partial charge in [-0.05, 0) is 143 Å². The highest BCUT2D eigenvalue weighted by molar-refractivity contribution is 7.91. The second-order valence-corrected chi connectivity index (χ2v) is 26.1. The SMILES string of the molecule is COc1cc(C=O)ccc1OP(Oc1ccc(C=O)cc1OC)Oc1ccc(C(C)(C)CC(C)(C)C)cc1S(=O)(=O)c1cc(C(C)(C)CC(C)(C)C)ccc1OP(Oc1ccc(C=O)cc1OC)Oc1ccc(C=O)cc1OC. The van der Waals surface area contributed by atoms with Crippen LogP contribution in [0.1, 0.15) is 135 Å². The average Bonchev–Trinajstić information content (AvgIpc) is 3.46. The molecule has 0 N–H and O–H groups in total. The number of hydrogen-bond donors (Lipinski definition) is 0. The van der Waals surface area contributed by atoms with Gasteiger partial charge in [0.15, 0.2) is 46.0 Å². The van der Waals surface area contributed by atoms with Gasteiger partial charge in [0.25, 0.3) is 0 Å². The van der Waals surface area contributed by atoms with E-state index in [1.807, 2.05) is 27.7 Å². The Bertz CT molecular complexity index is 2950. The number of benzene rings is 6. The average molecular weight is 1140 g/mol. The molecule has 16 nitrogen and oxygen atoms in total. The fourth-order valence-electron chi connectivity index (χ4n) is 9.33. The zero-order valence-electron chi connectivity index (χ0n) is 47.0. The van der Waals surface area contributed by atoms with Crippen molar-refractivity contribution in [2.45, 2.75) is 103 Å². The Morgan fingerprint density at radius 2 is 0.595 bits per heavy atom. The third kappa shape index (κ3) is 15.6. The number of carbonyl (C=O) groups is 4. The third-order valence-corrected chi connectivity index (χ3v) is 16.2. The lowest BCUT2D eigenvalue weighted by atomic mass is 9.72. The van der Waals surface area contributed by atoms with Crippen LogP contribution < -0.4 is 46.1 Å². The first kappa shape index (κ1) is 61.0. The topological polar surface area (TPSA) is 195 Å². The minimum absolute atomic E-state index is 0.0858. The van der Waals surface area contributed by atoms with E-state index in [1.165, 1.54) is 101 Å². The maximum absolute atomic E-state index is 16.4. The van der Waals surface area contributed by atoms with E-state index in [-0.39, 0.29) is 78.1 Å². The van der Waals surface area contributed by atoms with E-state index in [2.05, 4.69) is 41.5 Å². The Morgan fingerprint density at radius 1 is 0.354 bits per heavy atom. The van der Waals surface area contributed by atoms with Crippen LogP contribution in [-0.4, -0.2) is 62.0 Å². The summed E-state index contributed by atoms with van der Waals surface area (Å²) in [5.74, 6) is 0.551. The quantitative estimate of drug-likeness (QED) is 0.0367. The fraction of sp³-hybridized carbons (Fsp3) is 0.333. The molecule has 79 heavy (non-hydrogen) atoms. The van der Waals surface area contributed by atoms with E-state index < -0.39 is 37.9 Å². The Hall–Kier alpha value is -7.19. The van der Waals surface area contributed by atoms with Crippen molar-refractivity contribution in [3.63, 3.8) is 0 Å². The van der Waals surface area contributed by atoms with E-state index in [4.69, 9.17) is 46.1 Å². The second-order valence-electron chi connectivity index (χ2n) is 22.2. The third-order valence-electron chi connectivity index (χ3n) is 12.3. The maximum Gasteiger partial charge on any atom is 0.530 e. The van der Waals surface area contributed by atoms with Crippen LogP contribution in [0.25, 0.3) is 0 Å². The molecular weight excluding hydrogens is 1070 g/mol.